The molecule has 3 aliphatic rings. The van der Waals surface area contributed by atoms with Crippen LogP contribution in [0, 0.1) is 6.92 Å². The summed E-state index contributed by atoms with van der Waals surface area (Å²) in [6.07, 6.45) is 2.36. The number of hydrogen-bond acceptors (Lipinski definition) is 4. The van der Waals surface area contributed by atoms with Crippen molar-refractivity contribution in [2.75, 3.05) is 6.61 Å². The molecule has 2 heterocycles. The Kier molecular flexibility index (Phi) is 4.96. The van der Waals surface area contributed by atoms with Crippen molar-refractivity contribution in [3.05, 3.63) is 58.6 Å². The van der Waals surface area contributed by atoms with E-state index in [1.165, 1.54) is 0 Å². The first kappa shape index (κ1) is 20.7. The molecule has 0 radical (unpaired) electrons. The average Bonchev–Trinajstić information content (AvgIpc) is 3.23. The van der Waals surface area contributed by atoms with E-state index < -0.39 is 17.2 Å². The normalized spacial score (nSPS) is 32.7. The van der Waals surface area contributed by atoms with Crippen molar-refractivity contribution < 1.29 is 19.1 Å². The third kappa shape index (κ3) is 3.49. The minimum Gasteiger partial charge on any atom is -0.347 e. The summed E-state index contributed by atoms with van der Waals surface area (Å²) >= 11 is 6.02. The lowest BCUT2D eigenvalue weighted by Gasteiger charge is -2.40. The quantitative estimate of drug-likeness (QED) is 0.697. The number of carbonyl (C=O) groups excluding carboxylic acids is 2. The third-order valence-corrected chi connectivity index (χ3v) is 7.24. The van der Waals surface area contributed by atoms with Crippen LogP contribution in [0.25, 0.3) is 11.1 Å². The Labute approximate surface area is 187 Å². The van der Waals surface area contributed by atoms with Crippen LogP contribution in [0.3, 0.4) is 0 Å². The SMILES string of the molecule is Cc1ccc(-c2ccc(Cl)cc2)cc1C1C(=O)NC2(CCC3(CC2)OCC(C)O3)C1=O. The first-order valence-corrected chi connectivity index (χ1v) is 11.2. The smallest absolute Gasteiger partial charge is 0.235 e. The van der Waals surface area contributed by atoms with Gasteiger partial charge in [0.1, 0.15) is 11.5 Å². The molecule has 6 heteroatoms. The number of hydrogen-bond donors (Lipinski definition) is 1. The number of carbonyl (C=O) groups is 2. The molecule has 162 valence electrons. The summed E-state index contributed by atoms with van der Waals surface area (Å²) in [7, 11) is 0. The van der Waals surface area contributed by atoms with E-state index in [0.717, 1.165) is 22.3 Å². The first-order chi connectivity index (χ1) is 14.8. The lowest BCUT2D eigenvalue weighted by atomic mass is 9.74. The highest BCUT2D eigenvalue weighted by Gasteiger charge is 2.58. The maximum absolute atomic E-state index is 13.6. The van der Waals surface area contributed by atoms with Gasteiger partial charge in [0, 0.05) is 17.9 Å². The first-order valence-electron chi connectivity index (χ1n) is 10.9. The number of nitrogens with one attached hydrogen (secondary N) is 1. The number of ketones is 1. The van der Waals surface area contributed by atoms with Gasteiger partial charge in [-0.05, 0) is 67.1 Å². The zero-order valence-electron chi connectivity index (χ0n) is 17.7. The van der Waals surface area contributed by atoms with E-state index in [2.05, 4.69) is 5.32 Å². The Bertz CT molecular complexity index is 1040. The zero-order valence-corrected chi connectivity index (χ0v) is 18.5. The van der Waals surface area contributed by atoms with Crippen LogP contribution in [0.5, 0.6) is 0 Å². The molecule has 2 unspecified atom stereocenters. The topological polar surface area (TPSA) is 64.6 Å². The van der Waals surface area contributed by atoms with Crippen molar-refractivity contribution in [3.63, 3.8) is 0 Å². The van der Waals surface area contributed by atoms with Gasteiger partial charge in [0.25, 0.3) is 0 Å². The highest BCUT2D eigenvalue weighted by atomic mass is 35.5. The van der Waals surface area contributed by atoms with Crippen LogP contribution >= 0.6 is 11.6 Å². The molecule has 5 rings (SSSR count). The maximum atomic E-state index is 13.6. The van der Waals surface area contributed by atoms with Crippen LogP contribution in [0.1, 0.15) is 49.7 Å². The Hall–Kier alpha value is -2.21. The molecule has 5 nitrogen and oxygen atoms in total. The van der Waals surface area contributed by atoms with E-state index in [4.69, 9.17) is 21.1 Å². The lowest BCUT2D eigenvalue weighted by Crippen LogP contribution is -2.53. The van der Waals surface area contributed by atoms with Gasteiger partial charge in [0.15, 0.2) is 11.6 Å². The van der Waals surface area contributed by atoms with Crippen molar-refractivity contribution in [1.82, 2.24) is 5.32 Å². The average molecular weight is 440 g/mol. The van der Waals surface area contributed by atoms with Crippen LogP contribution in [0.4, 0.5) is 0 Å². The fraction of sp³-hybridized carbons (Fsp3) is 0.440. The van der Waals surface area contributed by atoms with Gasteiger partial charge in [-0.15, -0.1) is 0 Å². The molecule has 1 saturated carbocycles. The molecule has 0 bridgehead atoms. The molecule has 2 aliphatic heterocycles. The molecule has 31 heavy (non-hydrogen) atoms. The van der Waals surface area contributed by atoms with Gasteiger partial charge in [-0.3, -0.25) is 9.59 Å². The predicted octanol–water partition coefficient (Wildman–Crippen LogP) is 4.54. The van der Waals surface area contributed by atoms with Gasteiger partial charge in [-0.25, -0.2) is 0 Å². The van der Waals surface area contributed by atoms with Gasteiger partial charge in [0.2, 0.25) is 5.91 Å². The molecule has 2 saturated heterocycles. The van der Waals surface area contributed by atoms with Crippen molar-refractivity contribution in [1.29, 1.82) is 0 Å². The Morgan fingerprint density at radius 3 is 2.32 bits per heavy atom. The van der Waals surface area contributed by atoms with Gasteiger partial charge >= 0.3 is 0 Å². The Morgan fingerprint density at radius 2 is 1.68 bits per heavy atom. The maximum Gasteiger partial charge on any atom is 0.235 e. The number of amides is 1. The largest absolute Gasteiger partial charge is 0.347 e. The molecular weight excluding hydrogens is 414 g/mol. The molecule has 1 N–H and O–H groups in total. The van der Waals surface area contributed by atoms with Crippen molar-refractivity contribution >= 4 is 23.3 Å². The molecule has 1 amide bonds. The molecular formula is C25H26ClNO4. The summed E-state index contributed by atoms with van der Waals surface area (Å²) in [6, 6.07) is 13.5. The molecule has 2 aromatic rings. The summed E-state index contributed by atoms with van der Waals surface area (Å²) in [5, 5.41) is 3.73. The summed E-state index contributed by atoms with van der Waals surface area (Å²) in [6.45, 7) is 4.52. The summed E-state index contributed by atoms with van der Waals surface area (Å²) in [4.78, 5) is 26.7. The number of Topliss-reactive ketones (excluding diaryl/α,β-unsaturated/α-hetero) is 1. The van der Waals surface area contributed by atoms with Crippen LogP contribution in [0.15, 0.2) is 42.5 Å². The second-order valence-corrected chi connectivity index (χ2v) is 9.53. The molecule has 2 spiro atoms. The second kappa shape index (κ2) is 7.44. The molecule has 1 aliphatic carbocycles. The minimum atomic E-state index is -0.825. The van der Waals surface area contributed by atoms with Crippen LogP contribution in [-0.2, 0) is 19.1 Å². The van der Waals surface area contributed by atoms with Crippen LogP contribution in [-0.4, -0.2) is 35.7 Å². The molecule has 3 fully saturated rings. The van der Waals surface area contributed by atoms with E-state index in [1.807, 2.05) is 56.3 Å². The Balaban J connectivity index is 1.43. The number of ether oxygens (including phenoxy) is 2. The van der Waals surface area contributed by atoms with Crippen molar-refractivity contribution in [2.45, 2.75) is 62.9 Å². The lowest BCUT2D eigenvalue weighted by molar-refractivity contribution is -0.193. The van der Waals surface area contributed by atoms with Gasteiger partial charge in [-0.2, -0.15) is 0 Å². The Morgan fingerprint density at radius 1 is 1.00 bits per heavy atom. The summed E-state index contributed by atoms with van der Waals surface area (Å²) < 4.78 is 11.9. The second-order valence-electron chi connectivity index (χ2n) is 9.10. The van der Waals surface area contributed by atoms with Gasteiger partial charge in [0.05, 0.1) is 12.7 Å². The van der Waals surface area contributed by atoms with Crippen molar-refractivity contribution in [2.24, 2.45) is 0 Å². The van der Waals surface area contributed by atoms with Gasteiger partial charge in [-0.1, -0.05) is 35.9 Å². The number of benzene rings is 2. The predicted molar refractivity (Wildman–Crippen MR) is 118 cm³/mol. The van der Waals surface area contributed by atoms with E-state index in [9.17, 15) is 9.59 Å². The minimum absolute atomic E-state index is 0.0326. The number of rotatable bonds is 2. The monoisotopic (exact) mass is 439 g/mol. The zero-order chi connectivity index (χ0) is 21.8. The van der Waals surface area contributed by atoms with E-state index in [-0.39, 0.29) is 17.8 Å². The van der Waals surface area contributed by atoms with Crippen LogP contribution < -0.4 is 5.32 Å². The summed E-state index contributed by atoms with van der Waals surface area (Å²) in [5.74, 6) is -1.63. The van der Waals surface area contributed by atoms with Crippen molar-refractivity contribution in [3.8, 4) is 11.1 Å². The van der Waals surface area contributed by atoms with E-state index in [1.54, 1.807) is 0 Å². The molecule has 2 aromatic carbocycles. The third-order valence-electron chi connectivity index (χ3n) is 6.99. The standard InChI is InChI=1S/C25H26ClNO4/c1-15-3-4-18(17-5-7-19(26)8-6-17)13-20(15)21-22(28)24(27-23(21)29)9-11-25(12-10-24)30-14-16(2)31-25/h3-8,13,16,21H,9-12,14H2,1-2H3,(H,27,29). The van der Waals surface area contributed by atoms with E-state index in [0.29, 0.717) is 37.3 Å². The van der Waals surface area contributed by atoms with Gasteiger partial charge < -0.3 is 14.8 Å². The highest BCUT2D eigenvalue weighted by molar-refractivity contribution is 6.30. The number of halogens is 1. The number of aryl methyl sites for hydroxylation is 1. The van der Waals surface area contributed by atoms with Crippen LogP contribution in [0.2, 0.25) is 5.02 Å². The molecule has 0 aromatic heterocycles. The molecule has 2 atom stereocenters. The summed E-state index contributed by atoms with van der Waals surface area (Å²) in [5.41, 5.74) is 2.84. The van der Waals surface area contributed by atoms with E-state index >= 15 is 0 Å². The fourth-order valence-electron chi connectivity index (χ4n) is 5.22. The fourth-order valence-corrected chi connectivity index (χ4v) is 5.34. The highest BCUT2D eigenvalue weighted by Crippen LogP contribution is 2.46.